The van der Waals surface area contributed by atoms with Crippen molar-refractivity contribution in [1.29, 1.82) is 5.26 Å². The molecule has 7 heteroatoms. The molecule has 0 saturated carbocycles. The molecule has 0 amide bonds. The van der Waals surface area contributed by atoms with Gasteiger partial charge in [-0.2, -0.15) is 5.26 Å². The summed E-state index contributed by atoms with van der Waals surface area (Å²) >= 11 is 0. The molecule has 1 aliphatic rings. The van der Waals surface area contributed by atoms with Crippen LogP contribution < -0.4 is 16.2 Å². The lowest BCUT2D eigenvalue weighted by atomic mass is 10.1. The van der Waals surface area contributed by atoms with Gasteiger partial charge >= 0.3 is 0 Å². The summed E-state index contributed by atoms with van der Waals surface area (Å²) in [5.74, 6) is 0.708. The number of aromatic nitrogens is 3. The second kappa shape index (κ2) is 6.32. The Kier molecular flexibility index (Phi) is 3.98. The first kappa shape index (κ1) is 16.4. The lowest BCUT2D eigenvalue weighted by Gasteiger charge is -2.33. The van der Waals surface area contributed by atoms with Gasteiger partial charge in [0.05, 0.1) is 6.33 Å². The summed E-state index contributed by atoms with van der Waals surface area (Å²) in [7, 11) is 1.67. The summed E-state index contributed by atoms with van der Waals surface area (Å²) in [6, 6.07) is 11.9. The summed E-state index contributed by atoms with van der Waals surface area (Å²) in [5, 5.41) is 9.86. The molecule has 0 unspecified atom stereocenters. The third-order valence-electron chi connectivity index (χ3n) is 4.89. The minimum atomic E-state index is -0.178. The van der Waals surface area contributed by atoms with Gasteiger partial charge in [0.25, 0.3) is 5.56 Å². The van der Waals surface area contributed by atoms with Gasteiger partial charge in [0.2, 0.25) is 0 Å². The number of nitriles is 1. The van der Waals surface area contributed by atoms with Crippen molar-refractivity contribution in [1.82, 2.24) is 14.1 Å². The molecule has 1 fully saturated rings. The molecule has 3 heterocycles. The maximum Gasteiger partial charge on any atom is 0.278 e. The smallest absolute Gasteiger partial charge is 0.278 e. The zero-order valence-electron chi connectivity index (χ0n) is 14.6. The molecule has 132 valence electrons. The molecule has 1 aromatic carbocycles. The first-order chi connectivity index (χ1) is 12.6. The van der Waals surface area contributed by atoms with Gasteiger partial charge in [-0.25, -0.2) is 4.98 Å². The summed E-state index contributed by atoms with van der Waals surface area (Å²) in [6.45, 7) is 1.45. The van der Waals surface area contributed by atoms with Gasteiger partial charge in [-0.3, -0.25) is 9.36 Å². The van der Waals surface area contributed by atoms with Gasteiger partial charge in [0.1, 0.15) is 28.5 Å². The molecule has 1 atom stereocenters. The number of fused-ring (bicyclic) bond motifs is 1. The zero-order valence-corrected chi connectivity index (χ0v) is 14.6. The van der Waals surface area contributed by atoms with Gasteiger partial charge in [0, 0.05) is 31.9 Å². The Hall–Kier alpha value is -3.11. The molecular formula is C19H20N6O. The fraction of sp³-hybridized carbons (Fsp3) is 0.316. The lowest BCUT2D eigenvalue weighted by molar-refractivity contribution is 0.501. The minimum absolute atomic E-state index is 0.0494. The van der Waals surface area contributed by atoms with E-state index in [2.05, 4.69) is 16.0 Å². The molecule has 0 spiro atoms. The van der Waals surface area contributed by atoms with Crippen LogP contribution in [0.1, 0.15) is 18.4 Å². The van der Waals surface area contributed by atoms with Gasteiger partial charge in [-0.05, 0) is 25.0 Å². The van der Waals surface area contributed by atoms with E-state index < -0.39 is 0 Å². The number of nitrogens with two attached hydrogens (primary N) is 1. The molecule has 3 aromatic rings. The van der Waals surface area contributed by atoms with E-state index in [0.29, 0.717) is 29.0 Å². The Morgan fingerprint density at radius 2 is 2.08 bits per heavy atom. The van der Waals surface area contributed by atoms with E-state index in [1.165, 1.54) is 10.9 Å². The van der Waals surface area contributed by atoms with Crippen molar-refractivity contribution in [2.75, 3.05) is 18.0 Å². The van der Waals surface area contributed by atoms with E-state index in [-0.39, 0.29) is 11.6 Å². The van der Waals surface area contributed by atoms with Gasteiger partial charge in [-0.1, -0.05) is 18.2 Å². The predicted octanol–water partition coefficient (Wildman–Crippen LogP) is 1.52. The van der Waals surface area contributed by atoms with Crippen LogP contribution in [0.15, 0.2) is 41.5 Å². The number of piperidine rings is 1. The van der Waals surface area contributed by atoms with Crippen LogP contribution in [-0.2, 0) is 7.05 Å². The average molecular weight is 348 g/mol. The summed E-state index contributed by atoms with van der Waals surface area (Å²) in [5.41, 5.74) is 8.12. The minimum Gasteiger partial charge on any atom is -0.355 e. The Labute approximate surface area is 150 Å². The molecule has 26 heavy (non-hydrogen) atoms. The van der Waals surface area contributed by atoms with Gasteiger partial charge in [0.15, 0.2) is 0 Å². The maximum atomic E-state index is 12.9. The predicted molar refractivity (Wildman–Crippen MR) is 100 cm³/mol. The molecule has 2 aromatic heterocycles. The quantitative estimate of drug-likeness (QED) is 0.758. The normalized spacial score (nSPS) is 17.4. The molecule has 2 N–H and O–H groups in total. The number of hydrogen-bond acceptors (Lipinski definition) is 5. The van der Waals surface area contributed by atoms with E-state index in [0.717, 1.165) is 25.1 Å². The van der Waals surface area contributed by atoms with Crippen molar-refractivity contribution in [2.45, 2.75) is 18.9 Å². The van der Waals surface area contributed by atoms with Crippen LogP contribution in [0.3, 0.4) is 0 Å². The van der Waals surface area contributed by atoms with Crippen molar-refractivity contribution in [3.63, 3.8) is 0 Å². The van der Waals surface area contributed by atoms with Crippen molar-refractivity contribution in [3.05, 3.63) is 52.6 Å². The summed E-state index contributed by atoms with van der Waals surface area (Å²) < 4.78 is 3.30. The van der Waals surface area contributed by atoms with E-state index in [9.17, 15) is 10.1 Å². The van der Waals surface area contributed by atoms with Crippen molar-refractivity contribution in [2.24, 2.45) is 12.8 Å². The highest BCUT2D eigenvalue weighted by Gasteiger charge is 2.28. The number of nitrogens with zero attached hydrogens (tertiary/aromatic N) is 5. The number of hydrogen-bond donors (Lipinski definition) is 1. The van der Waals surface area contributed by atoms with Gasteiger partial charge < -0.3 is 15.2 Å². The monoisotopic (exact) mass is 348 g/mol. The van der Waals surface area contributed by atoms with E-state index in [1.54, 1.807) is 7.05 Å². The van der Waals surface area contributed by atoms with Crippen molar-refractivity contribution < 1.29 is 0 Å². The Morgan fingerprint density at radius 1 is 1.31 bits per heavy atom. The molecule has 4 rings (SSSR count). The third kappa shape index (κ3) is 2.47. The second-order valence-corrected chi connectivity index (χ2v) is 6.69. The average Bonchev–Trinajstić information content (AvgIpc) is 3.00. The first-order valence-corrected chi connectivity index (χ1v) is 8.68. The molecule has 0 aliphatic carbocycles. The van der Waals surface area contributed by atoms with Crippen LogP contribution in [0.5, 0.6) is 0 Å². The molecular weight excluding hydrogens is 328 g/mol. The van der Waals surface area contributed by atoms with Crippen LogP contribution >= 0.6 is 0 Å². The van der Waals surface area contributed by atoms with E-state index >= 15 is 0 Å². The van der Waals surface area contributed by atoms with Gasteiger partial charge in [-0.15, -0.1) is 0 Å². The van der Waals surface area contributed by atoms with Crippen molar-refractivity contribution in [3.8, 4) is 11.8 Å². The Balaban J connectivity index is 2.11. The van der Waals surface area contributed by atoms with Crippen LogP contribution in [0, 0.1) is 11.3 Å². The molecule has 1 aliphatic heterocycles. The summed E-state index contributed by atoms with van der Waals surface area (Å²) in [6.07, 6.45) is 3.38. The number of rotatable bonds is 2. The van der Waals surface area contributed by atoms with Crippen LogP contribution in [0.4, 0.5) is 5.82 Å². The third-order valence-corrected chi connectivity index (χ3v) is 4.89. The largest absolute Gasteiger partial charge is 0.355 e. The number of para-hydroxylation sites is 1. The van der Waals surface area contributed by atoms with E-state index in [4.69, 9.17) is 5.73 Å². The Bertz CT molecular complexity index is 1060. The van der Waals surface area contributed by atoms with Crippen molar-refractivity contribution >= 4 is 16.9 Å². The molecule has 0 radical (unpaired) electrons. The fourth-order valence-electron chi connectivity index (χ4n) is 3.67. The van der Waals surface area contributed by atoms with Crippen LogP contribution in [-0.4, -0.2) is 33.2 Å². The van der Waals surface area contributed by atoms with E-state index in [1.807, 2.05) is 34.9 Å². The standard InChI is InChI=1S/C19H20N6O/c1-23-12-22-16-15(10-20)18(24-9-5-6-13(21)11-24)25(17(16)19(23)26)14-7-3-2-4-8-14/h2-4,7-8,12-13H,5-6,9,11,21H2,1H3/t13-/m0/s1. The molecule has 1 saturated heterocycles. The fourth-order valence-corrected chi connectivity index (χ4v) is 3.67. The second-order valence-electron chi connectivity index (χ2n) is 6.69. The SMILES string of the molecule is Cn1cnc2c(C#N)c(N3CCC[C@H](N)C3)n(-c3ccccc3)c2c1=O. The highest BCUT2D eigenvalue weighted by Crippen LogP contribution is 2.34. The first-order valence-electron chi connectivity index (χ1n) is 8.68. The maximum absolute atomic E-state index is 12.9. The number of anilines is 1. The molecule has 0 bridgehead atoms. The lowest BCUT2D eigenvalue weighted by Crippen LogP contribution is -2.43. The number of aryl methyl sites for hydroxylation is 1. The zero-order chi connectivity index (χ0) is 18.3. The highest BCUT2D eigenvalue weighted by molar-refractivity contribution is 5.91. The topological polar surface area (TPSA) is 92.9 Å². The Morgan fingerprint density at radius 3 is 2.77 bits per heavy atom. The van der Waals surface area contributed by atoms with Crippen LogP contribution in [0.2, 0.25) is 0 Å². The summed E-state index contributed by atoms with van der Waals surface area (Å²) in [4.78, 5) is 19.4. The van der Waals surface area contributed by atoms with Crippen LogP contribution in [0.25, 0.3) is 16.7 Å². The number of benzene rings is 1. The highest BCUT2D eigenvalue weighted by atomic mass is 16.1. The molecule has 7 nitrogen and oxygen atoms in total.